The van der Waals surface area contributed by atoms with E-state index < -0.39 is 23.7 Å². The summed E-state index contributed by atoms with van der Waals surface area (Å²) in [6, 6.07) is 17.9. The van der Waals surface area contributed by atoms with Crippen molar-refractivity contribution in [1.29, 1.82) is 5.26 Å². The number of hydrogen-bond donors (Lipinski definition) is 2. The highest BCUT2D eigenvalue weighted by Gasteiger charge is 2.45. The van der Waals surface area contributed by atoms with Gasteiger partial charge in [0.2, 0.25) is 0 Å². The highest BCUT2D eigenvalue weighted by molar-refractivity contribution is 6.04. The van der Waals surface area contributed by atoms with E-state index in [1.54, 1.807) is 50.8 Å². The molecule has 1 aliphatic heterocycles. The van der Waals surface area contributed by atoms with Crippen LogP contribution in [-0.4, -0.2) is 39.6 Å². The molecule has 180 valence electrons. The standard InChI is InChI=1S/C28H30N4O3/c1-17-10-12-20-8-6-7-9-21(20)22(17)16-31-24-13-11-19(15-29)14-23(24)30-18(2)25(26(31)33)32(27(34)35)28(3,4)5/h6-14,18,25,30H,16H2,1-5H3,(H,34,35)/t18-,25-/m0/s1. The van der Waals surface area contributed by atoms with Crippen molar-refractivity contribution in [3.05, 3.63) is 71.3 Å². The van der Waals surface area contributed by atoms with Crippen molar-refractivity contribution in [2.75, 3.05) is 10.2 Å². The number of anilines is 2. The number of carbonyl (C=O) groups is 2. The minimum Gasteiger partial charge on any atom is -0.465 e. The highest BCUT2D eigenvalue weighted by Crippen LogP contribution is 2.37. The van der Waals surface area contributed by atoms with E-state index >= 15 is 0 Å². The lowest BCUT2D eigenvalue weighted by Gasteiger charge is -2.41. The number of hydrogen-bond acceptors (Lipinski definition) is 4. The molecule has 0 bridgehead atoms. The minimum atomic E-state index is -1.16. The van der Waals surface area contributed by atoms with Gasteiger partial charge in [-0.3, -0.25) is 9.69 Å². The maximum Gasteiger partial charge on any atom is 0.408 e. The normalized spacial score (nSPS) is 17.8. The Labute approximate surface area is 205 Å². The van der Waals surface area contributed by atoms with Gasteiger partial charge in [0.15, 0.2) is 0 Å². The number of aryl methyl sites for hydroxylation is 1. The van der Waals surface area contributed by atoms with Crippen molar-refractivity contribution in [2.24, 2.45) is 0 Å². The van der Waals surface area contributed by atoms with Crippen molar-refractivity contribution in [3.63, 3.8) is 0 Å². The van der Waals surface area contributed by atoms with Crippen LogP contribution in [0.15, 0.2) is 54.6 Å². The lowest BCUT2D eigenvalue weighted by Crippen LogP contribution is -2.61. The van der Waals surface area contributed by atoms with E-state index in [2.05, 4.69) is 17.5 Å². The van der Waals surface area contributed by atoms with Crippen LogP contribution in [0.25, 0.3) is 10.8 Å². The molecule has 0 fully saturated rings. The van der Waals surface area contributed by atoms with Crippen LogP contribution in [0.3, 0.4) is 0 Å². The molecule has 0 aromatic heterocycles. The van der Waals surface area contributed by atoms with Crippen LogP contribution in [0.1, 0.15) is 44.4 Å². The van der Waals surface area contributed by atoms with E-state index in [1.807, 2.05) is 37.3 Å². The molecule has 0 unspecified atom stereocenters. The molecule has 35 heavy (non-hydrogen) atoms. The summed E-state index contributed by atoms with van der Waals surface area (Å²) in [6.45, 7) is 9.44. The Bertz CT molecular complexity index is 1350. The van der Waals surface area contributed by atoms with Gasteiger partial charge in [0.25, 0.3) is 5.91 Å². The molecular formula is C28H30N4O3. The van der Waals surface area contributed by atoms with Gasteiger partial charge in [-0.15, -0.1) is 0 Å². The topological polar surface area (TPSA) is 96.7 Å². The van der Waals surface area contributed by atoms with Gasteiger partial charge in [-0.05, 0) is 74.7 Å². The molecular weight excluding hydrogens is 440 g/mol. The Morgan fingerprint density at radius 3 is 2.54 bits per heavy atom. The number of carboxylic acid groups (broad SMARTS) is 1. The quantitative estimate of drug-likeness (QED) is 0.526. The van der Waals surface area contributed by atoms with E-state index in [4.69, 9.17) is 0 Å². The molecule has 7 heteroatoms. The van der Waals surface area contributed by atoms with Gasteiger partial charge < -0.3 is 15.3 Å². The third-order valence-corrected chi connectivity index (χ3v) is 6.59. The molecule has 0 aliphatic carbocycles. The number of fused-ring (bicyclic) bond motifs is 2. The number of nitrogens with one attached hydrogen (secondary N) is 1. The van der Waals surface area contributed by atoms with Crippen LogP contribution >= 0.6 is 0 Å². The Balaban J connectivity index is 1.92. The van der Waals surface area contributed by atoms with E-state index in [9.17, 15) is 20.0 Å². The minimum absolute atomic E-state index is 0.271. The van der Waals surface area contributed by atoms with Crippen molar-refractivity contribution in [1.82, 2.24) is 4.90 Å². The Morgan fingerprint density at radius 2 is 1.89 bits per heavy atom. The fourth-order valence-electron chi connectivity index (χ4n) is 4.91. The summed E-state index contributed by atoms with van der Waals surface area (Å²) in [4.78, 5) is 29.5. The first kappa shape index (κ1) is 24.1. The van der Waals surface area contributed by atoms with Gasteiger partial charge >= 0.3 is 6.09 Å². The average Bonchev–Trinajstić information content (AvgIpc) is 2.89. The summed E-state index contributed by atoms with van der Waals surface area (Å²) in [5.41, 5.74) is 2.94. The van der Waals surface area contributed by atoms with Crippen molar-refractivity contribution in [2.45, 2.75) is 58.8 Å². The Kier molecular flexibility index (Phi) is 6.16. The predicted octanol–water partition coefficient (Wildman–Crippen LogP) is 5.51. The molecule has 1 aliphatic rings. The number of amides is 2. The SMILES string of the molecule is Cc1ccc2ccccc2c1CN1C(=O)[C@@H](N(C(=O)O)C(C)(C)C)[C@H](C)Nc2cc(C#N)ccc21. The number of nitrogens with zero attached hydrogens (tertiary/aromatic N) is 3. The molecule has 0 saturated heterocycles. The van der Waals surface area contributed by atoms with Gasteiger partial charge in [0.05, 0.1) is 35.6 Å². The van der Waals surface area contributed by atoms with Crippen molar-refractivity contribution < 1.29 is 14.7 Å². The van der Waals surface area contributed by atoms with Crippen LogP contribution in [0.2, 0.25) is 0 Å². The lowest BCUT2D eigenvalue weighted by atomic mass is 9.97. The van der Waals surface area contributed by atoms with Crippen LogP contribution in [0.4, 0.5) is 16.2 Å². The summed E-state index contributed by atoms with van der Waals surface area (Å²) in [5.74, 6) is -0.307. The smallest absolute Gasteiger partial charge is 0.408 e. The number of benzene rings is 3. The van der Waals surface area contributed by atoms with Gasteiger partial charge in [0, 0.05) is 5.54 Å². The molecule has 0 spiro atoms. The number of rotatable bonds is 3. The fourth-order valence-corrected chi connectivity index (χ4v) is 4.91. The second kappa shape index (κ2) is 8.95. The summed E-state index contributed by atoms with van der Waals surface area (Å²) in [5, 5.41) is 25.0. The van der Waals surface area contributed by atoms with Crippen LogP contribution in [0.5, 0.6) is 0 Å². The summed E-state index contributed by atoms with van der Waals surface area (Å²) < 4.78 is 0. The van der Waals surface area contributed by atoms with Gasteiger partial charge in [-0.25, -0.2) is 4.79 Å². The largest absolute Gasteiger partial charge is 0.465 e. The van der Waals surface area contributed by atoms with Crippen molar-refractivity contribution >= 4 is 34.1 Å². The average molecular weight is 471 g/mol. The third-order valence-electron chi connectivity index (χ3n) is 6.59. The maximum absolute atomic E-state index is 14.2. The maximum atomic E-state index is 14.2. The van der Waals surface area contributed by atoms with E-state index in [0.717, 1.165) is 21.9 Å². The van der Waals surface area contributed by atoms with Crippen molar-refractivity contribution in [3.8, 4) is 6.07 Å². The molecule has 1 heterocycles. The van der Waals surface area contributed by atoms with E-state index in [-0.39, 0.29) is 12.5 Å². The van der Waals surface area contributed by atoms with Gasteiger partial charge in [-0.2, -0.15) is 5.26 Å². The molecule has 2 N–H and O–H groups in total. The molecule has 4 rings (SSSR count). The third kappa shape index (κ3) is 4.40. The Hall–Kier alpha value is -4.05. The van der Waals surface area contributed by atoms with E-state index in [0.29, 0.717) is 16.9 Å². The first-order chi connectivity index (χ1) is 16.5. The second-order valence-corrected chi connectivity index (χ2v) is 10.1. The molecule has 2 amide bonds. The predicted molar refractivity (Wildman–Crippen MR) is 138 cm³/mol. The molecule has 3 aromatic rings. The van der Waals surface area contributed by atoms with Gasteiger partial charge in [-0.1, -0.05) is 36.4 Å². The molecule has 7 nitrogen and oxygen atoms in total. The van der Waals surface area contributed by atoms with E-state index in [1.165, 1.54) is 4.90 Å². The molecule has 0 saturated carbocycles. The summed E-state index contributed by atoms with van der Waals surface area (Å²) >= 11 is 0. The number of carbonyl (C=O) groups excluding carboxylic acids is 1. The van der Waals surface area contributed by atoms with Crippen LogP contribution in [-0.2, 0) is 11.3 Å². The first-order valence-electron chi connectivity index (χ1n) is 11.6. The summed E-state index contributed by atoms with van der Waals surface area (Å²) in [7, 11) is 0. The zero-order chi connectivity index (χ0) is 25.5. The van der Waals surface area contributed by atoms with Gasteiger partial charge in [0.1, 0.15) is 6.04 Å². The zero-order valence-electron chi connectivity index (χ0n) is 20.7. The zero-order valence-corrected chi connectivity index (χ0v) is 20.7. The lowest BCUT2D eigenvalue weighted by molar-refractivity contribution is -0.125. The number of nitriles is 1. The fraction of sp³-hybridized carbons (Fsp3) is 0.321. The second-order valence-electron chi connectivity index (χ2n) is 10.1. The highest BCUT2D eigenvalue weighted by atomic mass is 16.4. The Morgan fingerprint density at radius 1 is 1.17 bits per heavy atom. The van der Waals surface area contributed by atoms with Crippen LogP contribution in [0, 0.1) is 18.3 Å². The monoisotopic (exact) mass is 470 g/mol. The first-order valence-corrected chi connectivity index (χ1v) is 11.6. The van der Waals surface area contributed by atoms with Crippen LogP contribution < -0.4 is 10.2 Å². The molecule has 2 atom stereocenters. The molecule has 0 radical (unpaired) electrons. The summed E-state index contributed by atoms with van der Waals surface area (Å²) in [6.07, 6.45) is -1.16. The molecule has 3 aromatic carbocycles.